The van der Waals surface area contributed by atoms with Gasteiger partial charge in [0.15, 0.2) is 5.58 Å². The van der Waals surface area contributed by atoms with Crippen LogP contribution in [0, 0.1) is 11.3 Å². The van der Waals surface area contributed by atoms with Crippen molar-refractivity contribution < 1.29 is 4.42 Å². The minimum atomic E-state index is -0.528. The van der Waals surface area contributed by atoms with E-state index < -0.39 is 5.41 Å². The van der Waals surface area contributed by atoms with Crippen LogP contribution in [0.4, 0.5) is 0 Å². The second-order valence-electron chi connectivity index (χ2n) is 5.30. The number of aromatic nitrogens is 1. The lowest BCUT2D eigenvalue weighted by molar-refractivity contribution is 0.619. The van der Waals surface area contributed by atoms with Crippen LogP contribution in [0.3, 0.4) is 0 Å². The molecule has 3 heteroatoms. The van der Waals surface area contributed by atoms with Crippen LogP contribution in [0.25, 0.3) is 22.6 Å². The van der Waals surface area contributed by atoms with Crippen molar-refractivity contribution in [3.05, 3.63) is 54.1 Å². The summed E-state index contributed by atoms with van der Waals surface area (Å²) >= 11 is 0. The van der Waals surface area contributed by atoms with Gasteiger partial charge in [-0.3, -0.25) is 0 Å². The lowest BCUT2D eigenvalue weighted by Gasteiger charge is -2.14. The molecule has 0 radical (unpaired) electrons. The molecule has 20 heavy (non-hydrogen) atoms. The molecule has 0 N–H and O–H groups in total. The van der Waals surface area contributed by atoms with Crippen LogP contribution in [0.1, 0.15) is 19.4 Å². The molecular formula is C17H14N2O. The minimum Gasteiger partial charge on any atom is -0.436 e. The summed E-state index contributed by atoms with van der Waals surface area (Å²) in [6, 6.07) is 17.8. The maximum Gasteiger partial charge on any atom is 0.227 e. The molecular weight excluding hydrogens is 248 g/mol. The van der Waals surface area contributed by atoms with Crippen LogP contribution >= 0.6 is 0 Å². The molecule has 0 aliphatic carbocycles. The fourth-order valence-corrected chi connectivity index (χ4v) is 2.08. The van der Waals surface area contributed by atoms with E-state index in [-0.39, 0.29) is 0 Å². The number of oxazole rings is 1. The average Bonchev–Trinajstić information content (AvgIpc) is 2.91. The van der Waals surface area contributed by atoms with Gasteiger partial charge in [0, 0.05) is 5.56 Å². The van der Waals surface area contributed by atoms with Gasteiger partial charge in [0.1, 0.15) is 5.52 Å². The molecule has 0 unspecified atom stereocenters. The Morgan fingerprint density at radius 1 is 1.10 bits per heavy atom. The standard InChI is InChI=1S/C17H14N2O/c1-17(2,11-18)13-8-9-15-14(10-13)19-16(20-15)12-6-4-3-5-7-12/h3-10H,1-2H3. The fourth-order valence-electron chi connectivity index (χ4n) is 2.08. The lowest BCUT2D eigenvalue weighted by atomic mass is 9.86. The highest BCUT2D eigenvalue weighted by Crippen LogP contribution is 2.29. The van der Waals surface area contributed by atoms with Crippen LogP contribution in [-0.2, 0) is 5.41 Å². The van der Waals surface area contributed by atoms with Crippen molar-refractivity contribution in [2.24, 2.45) is 0 Å². The van der Waals surface area contributed by atoms with Gasteiger partial charge in [0.25, 0.3) is 0 Å². The first kappa shape index (κ1) is 12.4. The second kappa shape index (κ2) is 4.50. The lowest BCUT2D eigenvalue weighted by Crippen LogP contribution is -2.13. The van der Waals surface area contributed by atoms with Gasteiger partial charge < -0.3 is 4.42 Å². The predicted molar refractivity (Wildman–Crippen MR) is 78.1 cm³/mol. The summed E-state index contributed by atoms with van der Waals surface area (Å²) in [6.07, 6.45) is 0. The second-order valence-corrected chi connectivity index (χ2v) is 5.30. The molecule has 0 fully saturated rings. The van der Waals surface area contributed by atoms with Gasteiger partial charge in [0.2, 0.25) is 5.89 Å². The first-order chi connectivity index (χ1) is 9.60. The van der Waals surface area contributed by atoms with Crippen molar-refractivity contribution in [1.29, 1.82) is 5.26 Å². The highest BCUT2D eigenvalue weighted by molar-refractivity contribution is 5.77. The monoisotopic (exact) mass is 262 g/mol. The summed E-state index contributed by atoms with van der Waals surface area (Å²) in [5, 5.41) is 9.21. The molecule has 3 rings (SSSR count). The molecule has 2 aromatic carbocycles. The number of benzene rings is 2. The molecule has 0 aliphatic rings. The number of rotatable bonds is 2. The van der Waals surface area contributed by atoms with Crippen LogP contribution in [0.2, 0.25) is 0 Å². The van der Waals surface area contributed by atoms with E-state index in [1.165, 1.54) is 0 Å². The van der Waals surface area contributed by atoms with Gasteiger partial charge in [0.05, 0.1) is 11.5 Å². The molecule has 1 heterocycles. The molecule has 0 spiro atoms. The van der Waals surface area contributed by atoms with E-state index in [9.17, 15) is 5.26 Å². The molecule has 3 aromatic rings. The number of hydrogen-bond donors (Lipinski definition) is 0. The third-order valence-electron chi connectivity index (χ3n) is 3.41. The maximum atomic E-state index is 9.21. The van der Waals surface area contributed by atoms with E-state index >= 15 is 0 Å². The minimum absolute atomic E-state index is 0.528. The topological polar surface area (TPSA) is 49.8 Å². The SMILES string of the molecule is CC(C)(C#N)c1ccc2oc(-c3ccccc3)nc2c1. The average molecular weight is 262 g/mol. The zero-order valence-electron chi connectivity index (χ0n) is 11.4. The Labute approximate surface area is 117 Å². The highest BCUT2D eigenvalue weighted by Gasteiger charge is 2.21. The molecule has 0 bridgehead atoms. The molecule has 0 aliphatic heterocycles. The number of nitrogens with zero attached hydrogens (tertiary/aromatic N) is 2. The summed E-state index contributed by atoms with van der Waals surface area (Å²) in [5.41, 5.74) is 2.89. The van der Waals surface area contributed by atoms with Crippen molar-refractivity contribution in [2.75, 3.05) is 0 Å². The van der Waals surface area contributed by atoms with Gasteiger partial charge in [-0.25, -0.2) is 4.98 Å². The van der Waals surface area contributed by atoms with Crippen molar-refractivity contribution in [1.82, 2.24) is 4.98 Å². The predicted octanol–water partition coefficient (Wildman–Crippen LogP) is 4.30. The van der Waals surface area contributed by atoms with Crippen LogP contribution in [0.15, 0.2) is 52.9 Å². The molecule has 0 saturated carbocycles. The Balaban J connectivity index is 2.12. The van der Waals surface area contributed by atoms with E-state index in [1.807, 2.05) is 62.4 Å². The summed E-state index contributed by atoms with van der Waals surface area (Å²) in [5.74, 6) is 0.604. The van der Waals surface area contributed by atoms with Gasteiger partial charge in [-0.1, -0.05) is 24.3 Å². The van der Waals surface area contributed by atoms with Gasteiger partial charge in [-0.05, 0) is 43.7 Å². The van der Waals surface area contributed by atoms with Crippen molar-refractivity contribution >= 4 is 11.1 Å². The quantitative estimate of drug-likeness (QED) is 0.692. The van der Waals surface area contributed by atoms with E-state index in [1.54, 1.807) is 0 Å². The number of hydrogen-bond acceptors (Lipinski definition) is 3. The van der Waals surface area contributed by atoms with Crippen LogP contribution in [0.5, 0.6) is 0 Å². The third kappa shape index (κ3) is 2.06. The van der Waals surface area contributed by atoms with E-state index in [4.69, 9.17) is 4.42 Å². The Kier molecular flexibility index (Phi) is 2.80. The Hall–Kier alpha value is -2.60. The van der Waals surface area contributed by atoms with E-state index in [0.29, 0.717) is 5.89 Å². The summed E-state index contributed by atoms with van der Waals surface area (Å²) in [7, 11) is 0. The van der Waals surface area contributed by atoms with Gasteiger partial charge in [-0.15, -0.1) is 0 Å². The van der Waals surface area contributed by atoms with E-state index in [2.05, 4.69) is 11.1 Å². The Morgan fingerprint density at radius 3 is 2.55 bits per heavy atom. The Bertz CT molecular complexity index is 795. The highest BCUT2D eigenvalue weighted by atomic mass is 16.3. The van der Waals surface area contributed by atoms with Crippen LogP contribution in [-0.4, -0.2) is 4.98 Å². The van der Waals surface area contributed by atoms with Gasteiger partial charge in [-0.2, -0.15) is 5.26 Å². The first-order valence-corrected chi connectivity index (χ1v) is 6.48. The molecule has 1 aromatic heterocycles. The molecule has 0 saturated heterocycles. The largest absolute Gasteiger partial charge is 0.436 e. The van der Waals surface area contributed by atoms with Crippen molar-refractivity contribution in [3.8, 4) is 17.5 Å². The summed E-state index contributed by atoms with van der Waals surface area (Å²) in [6.45, 7) is 3.79. The Morgan fingerprint density at radius 2 is 1.85 bits per heavy atom. The molecule has 3 nitrogen and oxygen atoms in total. The normalized spacial score (nSPS) is 11.4. The molecule has 98 valence electrons. The third-order valence-corrected chi connectivity index (χ3v) is 3.41. The van der Waals surface area contributed by atoms with Crippen LogP contribution < -0.4 is 0 Å². The van der Waals surface area contributed by atoms with Gasteiger partial charge >= 0.3 is 0 Å². The summed E-state index contributed by atoms with van der Waals surface area (Å²) in [4.78, 5) is 4.52. The maximum absolute atomic E-state index is 9.21. The molecule has 0 amide bonds. The first-order valence-electron chi connectivity index (χ1n) is 6.48. The van der Waals surface area contributed by atoms with Crippen molar-refractivity contribution in [2.45, 2.75) is 19.3 Å². The van der Waals surface area contributed by atoms with E-state index in [0.717, 1.165) is 22.2 Å². The summed E-state index contributed by atoms with van der Waals surface area (Å²) < 4.78 is 5.76. The molecule has 0 atom stereocenters. The zero-order chi connectivity index (χ0) is 14.2. The number of fused-ring (bicyclic) bond motifs is 1. The van der Waals surface area contributed by atoms with Crippen molar-refractivity contribution in [3.63, 3.8) is 0 Å². The smallest absolute Gasteiger partial charge is 0.227 e. The fraction of sp³-hybridized carbons (Fsp3) is 0.176. The number of nitriles is 1. The zero-order valence-corrected chi connectivity index (χ0v) is 11.4.